The Morgan fingerprint density at radius 2 is 1.83 bits per heavy atom. The van der Waals surface area contributed by atoms with E-state index >= 15 is 0 Å². The van der Waals surface area contributed by atoms with E-state index in [9.17, 15) is 8.42 Å². The third-order valence-corrected chi connectivity index (χ3v) is 5.78. The molecule has 0 spiro atoms. The molecule has 1 aliphatic heterocycles. The molecule has 7 nitrogen and oxygen atoms in total. The van der Waals surface area contributed by atoms with E-state index in [1.165, 1.54) is 11.4 Å². The molecule has 0 N–H and O–H groups in total. The van der Waals surface area contributed by atoms with E-state index in [-0.39, 0.29) is 4.90 Å². The molecule has 0 saturated heterocycles. The third kappa shape index (κ3) is 2.50. The number of hydrogen-bond acceptors (Lipinski definition) is 4. The highest BCUT2D eigenvalue weighted by Gasteiger charge is 2.44. The summed E-state index contributed by atoms with van der Waals surface area (Å²) >= 11 is 0. The number of nitrogens with zero attached hydrogens (tertiary/aromatic N) is 4. The van der Waals surface area contributed by atoms with E-state index in [4.69, 9.17) is 10.3 Å². The molecule has 0 radical (unpaired) electrons. The summed E-state index contributed by atoms with van der Waals surface area (Å²) < 4.78 is 32.8. The normalized spacial score (nSPS) is 19.7. The molecule has 2 aromatic rings. The van der Waals surface area contributed by atoms with Crippen LogP contribution in [0.5, 0.6) is 0 Å². The van der Waals surface area contributed by atoms with E-state index < -0.39 is 22.3 Å². The number of sulfonamides is 1. The van der Waals surface area contributed by atoms with Crippen LogP contribution in [0.3, 0.4) is 0 Å². The molecule has 0 fully saturated rings. The van der Waals surface area contributed by atoms with Crippen molar-refractivity contribution >= 4 is 15.7 Å². The predicted molar refractivity (Wildman–Crippen MR) is 90.0 cm³/mol. The zero-order valence-corrected chi connectivity index (χ0v) is 14.0. The van der Waals surface area contributed by atoms with Crippen LogP contribution in [0.4, 0.5) is 5.69 Å². The quantitative estimate of drug-likeness (QED) is 0.482. The molecular weight excluding hydrogens is 328 g/mol. The summed E-state index contributed by atoms with van der Waals surface area (Å²) in [6.45, 7) is 1.89. The van der Waals surface area contributed by atoms with Gasteiger partial charge in [0, 0.05) is 12.0 Å². The molecule has 8 heteroatoms. The van der Waals surface area contributed by atoms with E-state index in [2.05, 4.69) is 10.0 Å². The van der Waals surface area contributed by atoms with Gasteiger partial charge in [-0.2, -0.15) is 0 Å². The minimum atomic E-state index is -3.86. The van der Waals surface area contributed by atoms with E-state index in [1.807, 2.05) is 6.92 Å². The summed E-state index contributed by atoms with van der Waals surface area (Å²) in [5, 5.41) is 3.74. The summed E-state index contributed by atoms with van der Waals surface area (Å²) in [6.07, 6.45) is -0.926. The second-order valence-corrected chi connectivity index (χ2v) is 7.26. The van der Waals surface area contributed by atoms with Crippen LogP contribution in [0, 0.1) is 6.92 Å². The van der Waals surface area contributed by atoms with Crippen LogP contribution < -0.4 is 4.31 Å². The van der Waals surface area contributed by atoms with Crippen LogP contribution in [-0.2, 0) is 14.8 Å². The largest absolute Gasteiger partial charge is 0.360 e. The second-order valence-electron chi connectivity index (χ2n) is 5.45. The number of benzene rings is 2. The van der Waals surface area contributed by atoms with Gasteiger partial charge >= 0.3 is 0 Å². The lowest BCUT2D eigenvalue weighted by molar-refractivity contribution is 0.0979. The molecule has 0 aliphatic carbocycles. The number of methoxy groups -OCH3 is 1. The van der Waals surface area contributed by atoms with Gasteiger partial charge in [0.2, 0.25) is 0 Å². The predicted octanol–water partition coefficient (Wildman–Crippen LogP) is 3.53. The highest BCUT2D eigenvalue weighted by atomic mass is 32.2. The molecule has 0 unspecified atom stereocenters. The van der Waals surface area contributed by atoms with Crippen molar-refractivity contribution in [1.29, 1.82) is 0 Å². The fourth-order valence-corrected chi connectivity index (χ4v) is 4.45. The molecule has 1 heterocycles. The molecular formula is C16H16N4O3S. The SMILES string of the molecule is CO[C@@H]1[C@H](N=[N+]=[N-])c2ccccc2N1S(=O)(=O)c1ccc(C)cc1. The molecule has 0 amide bonds. The van der Waals surface area contributed by atoms with E-state index in [0.717, 1.165) is 5.56 Å². The highest BCUT2D eigenvalue weighted by molar-refractivity contribution is 7.92. The Morgan fingerprint density at radius 3 is 2.46 bits per heavy atom. The van der Waals surface area contributed by atoms with Gasteiger partial charge in [0.05, 0.1) is 10.6 Å². The third-order valence-electron chi connectivity index (χ3n) is 3.99. The average Bonchev–Trinajstić information content (AvgIpc) is 2.90. The number of azide groups is 1. The Kier molecular flexibility index (Phi) is 4.19. The minimum Gasteiger partial charge on any atom is -0.360 e. The van der Waals surface area contributed by atoms with Crippen LogP contribution in [0.15, 0.2) is 58.5 Å². The van der Waals surface area contributed by atoms with Gasteiger partial charge in [-0.25, -0.2) is 12.7 Å². The lowest BCUT2D eigenvalue weighted by Crippen LogP contribution is -2.40. The lowest BCUT2D eigenvalue weighted by atomic mass is 10.1. The van der Waals surface area contributed by atoms with Crippen LogP contribution in [0.1, 0.15) is 17.2 Å². The number of fused-ring (bicyclic) bond motifs is 1. The van der Waals surface area contributed by atoms with Gasteiger partial charge in [0.1, 0.15) is 6.04 Å². The first-order valence-corrected chi connectivity index (χ1v) is 8.71. The van der Waals surface area contributed by atoms with Crippen molar-refractivity contribution in [3.05, 3.63) is 70.1 Å². The highest BCUT2D eigenvalue weighted by Crippen LogP contribution is 2.44. The molecule has 124 valence electrons. The monoisotopic (exact) mass is 344 g/mol. The molecule has 2 atom stereocenters. The summed E-state index contributed by atoms with van der Waals surface area (Å²) in [7, 11) is -2.46. The van der Waals surface area contributed by atoms with Crippen molar-refractivity contribution < 1.29 is 13.2 Å². The van der Waals surface area contributed by atoms with Gasteiger partial charge in [0.15, 0.2) is 6.23 Å². The van der Waals surface area contributed by atoms with Crippen molar-refractivity contribution in [3.63, 3.8) is 0 Å². The average molecular weight is 344 g/mol. The van der Waals surface area contributed by atoms with Crippen molar-refractivity contribution in [1.82, 2.24) is 0 Å². The maximum absolute atomic E-state index is 13.1. The maximum atomic E-state index is 13.1. The molecule has 0 saturated carbocycles. The van der Waals surface area contributed by atoms with Crippen molar-refractivity contribution in [2.75, 3.05) is 11.4 Å². The fourth-order valence-electron chi connectivity index (χ4n) is 2.85. The van der Waals surface area contributed by atoms with Crippen molar-refractivity contribution in [2.45, 2.75) is 24.1 Å². The van der Waals surface area contributed by atoms with Gasteiger partial charge in [-0.3, -0.25) is 0 Å². The summed E-state index contributed by atoms with van der Waals surface area (Å²) in [6, 6.07) is 12.8. The minimum absolute atomic E-state index is 0.159. The fraction of sp³-hybridized carbons (Fsp3) is 0.250. The number of aryl methyl sites for hydroxylation is 1. The lowest BCUT2D eigenvalue weighted by Gasteiger charge is -2.27. The zero-order valence-electron chi connectivity index (χ0n) is 13.2. The topological polar surface area (TPSA) is 95.4 Å². The number of anilines is 1. The Hall–Kier alpha value is -2.54. The number of rotatable bonds is 4. The van der Waals surface area contributed by atoms with Crippen molar-refractivity contribution in [3.8, 4) is 0 Å². The first-order valence-electron chi connectivity index (χ1n) is 7.27. The molecule has 0 bridgehead atoms. The molecule has 1 aliphatic rings. The van der Waals surface area contributed by atoms with Crippen LogP contribution in [-0.4, -0.2) is 21.8 Å². The standard InChI is InChI=1S/C16H16N4O3S/c1-11-7-9-12(10-8-11)24(21,22)20-14-6-4-3-5-13(14)15(18-19-17)16(20)23-2/h3-10,15-16H,1-2H3/t15-,16-/m1/s1. The summed E-state index contributed by atoms with van der Waals surface area (Å²) in [4.78, 5) is 3.00. The first kappa shape index (κ1) is 16.3. The number of ether oxygens (including phenoxy) is 1. The van der Waals surface area contributed by atoms with Crippen LogP contribution in [0.25, 0.3) is 10.4 Å². The summed E-state index contributed by atoms with van der Waals surface area (Å²) in [5.41, 5.74) is 10.9. The Morgan fingerprint density at radius 1 is 1.17 bits per heavy atom. The molecule has 3 rings (SSSR count). The van der Waals surface area contributed by atoms with Gasteiger partial charge < -0.3 is 4.74 Å². The van der Waals surface area contributed by atoms with E-state index in [1.54, 1.807) is 48.5 Å². The van der Waals surface area contributed by atoms with Crippen LogP contribution in [0.2, 0.25) is 0 Å². The Bertz CT molecular complexity index is 905. The Labute approximate surface area is 140 Å². The maximum Gasteiger partial charge on any atom is 0.266 e. The number of para-hydroxylation sites is 1. The van der Waals surface area contributed by atoms with Crippen LogP contribution >= 0.6 is 0 Å². The smallest absolute Gasteiger partial charge is 0.266 e. The Balaban J connectivity index is 2.18. The van der Waals surface area contributed by atoms with Crippen molar-refractivity contribution in [2.24, 2.45) is 5.11 Å². The summed E-state index contributed by atoms with van der Waals surface area (Å²) in [5.74, 6) is 0. The first-order chi connectivity index (χ1) is 11.5. The number of hydrogen-bond donors (Lipinski definition) is 0. The van der Waals surface area contributed by atoms with Gasteiger partial charge in [-0.05, 0) is 36.2 Å². The molecule has 2 aromatic carbocycles. The van der Waals surface area contributed by atoms with Gasteiger partial charge in [-0.1, -0.05) is 41.0 Å². The van der Waals surface area contributed by atoms with Gasteiger partial charge in [-0.15, -0.1) is 0 Å². The molecule has 0 aromatic heterocycles. The van der Waals surface area contributed by atoms with Gasteiger partial charge in [0.25, 0.3) is 10.0 Å². The molecule has 24 heavy (non-hydrogen) atoms. The zero-order chi connectivity index (χ0) is 17.3. The second kappa shape index (κ2) is 6.16. The van der Waals surface area contributed by atoms with E-state index in [0.29, 0.717) is 11.3 Å².